The maximum Gasteiger partial charge on any atom is 0.259 e. The number of aromatic nitrogens is 2. The number of amides is 1. The van der Waals surface area contributed by atoms with Gasteiger partial charge in [0.05, 0.1) is 22.9 Å². The quantitative estimate of drug-likeness (QED) is 0.687. The van der Waals surface area contributed by atoms with Crippen molar-refractivity contribution in [3.8, 4) is 11.5 Å². The van der Waals surface area contributed by atoms with E-state index in [4.69, 9.17) is 8.94 Å². The molecule has 7 nitrogen and oxygen atoms in total. The van der Waals surface area contributed by atoms with Gasteiger partial charge in [-0.15, -0.1) is 12.4 Å². The van der Waals surface area contributed by atoms with E-state index in [0.717, 1.165) is 31.6 Å². The summed E-state index contributed by atoms with van der Waals surface area (Å²) in [7, 11) is 0. The van der Waals surface area contributed by atoms with Crippen LogP contribution in [-0.4, -0.2) is 35.7 Å². The predicted octanol–water partition coefficient (Wildman–Crippen LogP) is 2.81. The van der Waals surface area contributed by atoms with Gasteiger partial charge in [0.2, 0.25) is 0 Å². The highest BCUT2D eigenvalue weighted by Gasteiger charge is 2.23. The van der Waals surface area contributed by atoms with Crippen LogP contribution in [0.2, 0.25) is 0 Å². The number of fused-ring (bicyclic) bond motifs is 1. The molecule has 2 N–H and O–H groups in total. The SMILES string of the molecule is CCCc1noc2nc(-c3ccco3)cc(C(=O)NCC3CNC3)c12.Cl. The summed E-state index contributed by atoms with van der Waals surface area (Å²) < 4.78 is 10.8. The maximum atomic E-state index is 12.8. The average molecular weight is 377 g/mol. The van der Waals surface area contributed by atoms with Crippen LogP contribution in [0.5, 0.6) is 0 Å². The maximum absolute atomic E-state index is 12.8. The number of rotatable bonds is 6. The van der Waals surface area contributed by atoms with Crippen molar-refractivity contribution in [2.45, 2.75) is 19.8 Å². The Morgan fingerprint density at radius 3 is 2.92 bits per heavy atom. The van der Waals surface area contributed by atoms with Gasteiger partial charge in [-0.25, -0.2) is 4.98 Å². The van der Waals surface area contributed by atoms with Crippen LogP contribution in [0, 0.1) is 5.92 Å². The molecular weight excluding hydrogens is 356 g/mol. The molecule has 0 atom stereocenters. The number of hydrogen-bond donors (Lipinski definition) is 2. The van der Waals surface area contributed by atoms with E-state index in [1.807, 2.05) is 0 Å². The molecule has 0 radical (unpaired) electrons. The minimum absolute atomic E-state index is 0. The third-order valence-corrected chi connectivity index (χ3v) is 4.44. The van der Waals surface area contributed by atoms with Crippen molar-refractivity contribution in [1.82, 2.24) is 20.8 Å². The zero-order valence-corrected chi connectivity index (χ0v) is 15.3. The molecule has 1 aliphatic rings. The van der Waals surface area contributed by atoms with E-state index >= 15 is 0 Å². The average Bonchev–Trinajstić information content (AvgIpc) is 3.23. The highest BCUT2D eigenvalue weighted by atomic mass is 35.5. The molecule has 0 aromatic carbocycles. The lowest BCUT2D eigenvalue weighted by molar-refractivity contribution is 0.0943. The summed E-state index contributed by atoms with van der Waals surface area (Å²) in [5.74, 6) is 0.948. The molecular formula is C18H21ClN4O3. The van der Waals surface area contributed by atoms with Gasteiger partial charge in [0.1, 0.15) is 5.69 Å². The van der Waals surface area contributed by atoms with Crippen molar-refractivity contribution in [2.75, 3.05) is 19.6 Å². The van der Waals surface area contributed by atoms with Crippen LogP contribution in [0.3, 0.4) is 0 Å². The Labute approximate surface area is 156 Å². The van der Waals surface area contributed by atoms with E-state index in [-0.39, 0.29) is 18.3 Å². The second-order valence-corrected chi connectivity index (χ2v) is 6.33. The molecule has 0 unspecified atom stereocenters. The minimum atomic E-state index is -0.132. The smallest absolute Gasteiger partial charge is 0.259 e. The molecule has 0 saturated carbocycles. The van der Waals surface area contributed by atoms with E-state index in [9.17, 15) is 4.79 Å². The summed E-state index contributed by atoms with van der Waals surface area (Å²) in [5.41, 5.74) is 2.24. The lowest BCUT2D eigenvalue weighted by Gasteiger charge is -2.27. The molecule has 1 amide bonds. The number of furan rings is 1. The van der Waals surface area contributed by atoms with E-state index in [0.29, 0.717) is 40.6 Å². The zero-order valence-electron chi connectivity index (χ0n) is 14.4. The molecule has 8 heteroatoms. The molecule has 0 aliphatic carbocycles. The van der Waals surface area contributed by atoms with Gasteiger partial charge in [-0.3, -0.25) is 4.79 Å². The molecule has 4 heterocycles. The molecule has 138 valence electrons. The molecule has 3 aromatic heterocycles. The normalized spacial score (nSPS) is 14.0. The number of carbonyl (C=O) groups excluding carboxylic acids is 1. The number of nitrogens with zero attached hydrogens (tertiary/aromatic N) is 2. The topological polar surface area (TPSA) is 93.2 Å². The summed E-state index contributed by atoms with van der Waals surface area (Å²) in [5, 5.41) is 11.0. The van der Waals surface area contributed by atoms with Crippen LogP contribution < -0.4 is 10.6 Å². The summed E-state index contributed by atoms with van der Waals surface area (Å²) in [4.78, 5) is 17.3. The third kappa shape index (κ3) is 3.45. The van der Waals surface area contributed by atoms with Crippen molar-refractivity contribution in [2.24, 2.45) is 5.92 Å². The number of pyridine rings is 1. The van der Waals surface area contributed by atoms with Gasteiger partial charge in [0.25, 0.3) is 11.6 Å². The second-order valence-electron chi connectivity index (χ2n) is 6.33. The predicted molar refractivity (Wildman–Crippen MR) is 99.4 cm³/mol. The first-order chi connectivity index (χ1) is 12.3. The number of hydrogen-bond acceptors (Lipinski definition) is 6. The van der Waals surface area contributed by atoms with E-state index < -0.39 is 0 Å². The van der Waals surface area contributed by atoms with Gasteiger partial charge in [0.15, 0.2) is 5.76 Å². The molecule has 1 aliphatic heterocycles. The van der Waals surface area contributed by atoms with Gasteiger partial charge < -0.3 is 19.6 Å². The Bertz CT molecular complexity index is 887. The first-order valence-corrected chi connectivity index (χ1v) is 8.58. The lowest BCUT2D eigenvalue weighted by atomic mass is 10.0. The number of nitrogens with one attached hydrogen (secondary N) is 2. The van der Waals surface area contributed by atoms with Gasteiger partial charge in [-0.05, 0) is 24.6 Å². The Morgan fingerprint density at radius 1 is 1.42 bits per heavy atom. The molecule has 0 spiro atoms. The molecule has 1 saturated heterocycles. The van der Waals surface area contributed by atoms with Gasteiger partial charge in [-0.2, -0.15) is 0 Å². The number of halogens is 1. The highest BCUT2D eigenvalue weighted by Crippen LogP contribution is 2.28. The van der Waals surface area contributed by atoms with Crippen molar-refractivity contribution in [3.05, 3.63) is 35.7 Å². The molecule has 4 rings (SSSR count). The molecule has 0 bridgehead atoms. The van der Waals surface area contributed by atoms with Gasteiger partial charge in [-0.1, -0.05) is 18.5 Å². The van der Waals surface area contributed by atoms with Crippen LogP contribution in [-0.2, 0) is 6.42 Å². The van der Waals surface area contributed by atoms with Crippen LogP contribution in [0.1, 0.15) is 29.4 Å². The van der Waals surface area contributed by atoms with Gasteiger partial charge >= 0.3 is 0 Å². The summed E-state index contributed by atoms with van der Waals surface area (Å²) in [6.07, 6.45) is 3.23. The first kappa shape index (κ1) is 18.4. The monoisotopic (exact) mass is 376 g/mol. The van der Waals surface area contributed by atoms with Crippen LogP contribution in [0.4, 0.5) is 0 Å². The summed E-state index contributed by atoms with van der Waals surface area (Å²) >= 11 is 0. The zero-order chi connectivity index (χ0) is 17.2. The van der Waals surface area contributed by atoms with Crippen LogP contribution in [0.25, 0.3) is 22.6 Å². The fourth-order valence-corrected chi connectivity index (χ4v) is 2.97. The van der Waals surface area contributed by atoms with Crippen LogP contribution in [0.15, 0.2) is 33.4 Å². The Morgan fingerprint density at radius 2 is 2.27 bits per heavy atom. The molecule has 26 heavy (non-hydrogen) atoms. The minimum Gasteiger partial charge on any atom is -0.463 e. The van der Waals surface area contributed by atoms with Crippen molar-refractivity contribution in [1.29, 1.82) is 0 Å². The third-order valence-electron chi connectivity index (χ3n) is 4.44. The van der Waals surface area contributed by atoms with Crippen LogP contribution >= 0.6 is 12.4 Å². The second kappa shape index (κ2) is 7.88. The van der Waals surface area contributed by atoms with E-state index in [1.54, 1.807) is 24.5 Å². The fraction of sp³-hybridized carbons (Fsp3) is 0.389. The van der Waals surface area contributed by atoms with Crippen molar-refractivity contribution < 1.29 is 13.7 Å². The first-order valence-electron chi connectivity index (χ1n) is 8.58. The van der Waals surface area contributed by atoms with Crippen molar-refractivity contribution in [3.63, 3.8) is 0 Å². The highest BCUT2D eigenvalue weighted by molar-refractivity contribution is 6.06. The molecule has 1 fully saturated rings. The Balaban J connectivity index is 0.00000196. The standard InChI is InChI=1S/C18H20N4O3.ClH/c1-2-4-13-16-12(17(23)20-10-11-8-19-9-11)7-14(15-5-3-6-24-15)21-18(16)25-22-13;/h3,5-7,11,19H,2,4,8-10H2,1H3,(H,20,23);1H. The number of carbonyl (C=O) groups is 1. The lowest BCUT2D eigenvalue weighted by Crippen LogP contribution is -2.48. The van der Waals surface area contributed by atoms with Gasteiger partial charge in [0, 0.05) is 25.6 Å². The van der Waals surface area contributed by atoms with E-state index in [2.05, 4.69) is 27.7 Å². The summed E-state index contributed by atoms with van der Waals surface area (Å²) in [6.45, 7) is 4.60. The number of aryl methyl sites for hydroxylation is 1. The van der Waals surface area contributed by atoms with Crippen molar-refractivity contribution >= 4 is 29.4 Å². The Hall–Kier alpha value is -2.38. The fourth-order valence-electron chi connectivity index (χ4n) is 2.97. The molecule has 3 aromatic rings. The largest absolute Gasteiger partial charge is 0.463 e. The Kier molecular flexibility index (Phi) is 5.58. The van der Waals surface area contributed by atoms with E-state index in [1.165, 1.54) is 0 Å². The summed E-state index contributed by atoms with van der Waals surface area (Å²) in [6, 6.07) is 5.35.